The van der Waals surface area contributed by atoms with Gasteiger partial charge in [-0.2, -0.15) is 0 Å². The molecule has 1 aliphatic heterocycles. The molecule has 1 saturated heterocycles. The van der Waals surface area contributed by atoms with Gasteiger partial charge in [-0.1, -0.05) is 15.9 Å². The van der Waals surface area contributed by atoms with Crippen LogP contribution in [0.2, 0.25) is 0 Å². The van der Waals surface area contributed by atoms with Crippen LogP contribution in [-0.2, 0) is 4.79 Å². The van der Waals surface area contributed by atoms with E-state index in [2.05, 4.69) is 15.9 Å². The molecule has 114 valence electrons. The summed E-state index contributed by atoms with van der Waals surface area (Å²) in [7, 11) is 3.16. The van der Waals surface area contributed by atoms with Gasteiger partial charge in [0.15, 0.2) is 0 Å². The summed E-state index contributed by atoms with van der Waals surface area (Å²) in [5, 5.41) is 0. The first kappa shape index (κ1) is 15.8. The predicted octanol–water partition coefficient (Wildman–Crippen LogP) is 2.15. The summed E-state index contributed by atoms with van der Waals surface area (Å²) in [6.07, 6.45) is 2.09. The van der Waals surface area contributed by atoms with Crippen molar-refractivity contribution in [2.45, 2.75) is 12.8 Å². The van der Waals surface area contributed by atoms with Crippen LogP contribution >= 0.6 is 15.9 Å². The summed E-state index contributed by atoms with van der Waals surface area (Å²) in [5.74, 6) is 0.279. The van der Waals surface area contributed by atoms with Crippen LogP contribution in [-0.4, -0.2) is 55.4 Å². The average molecular weight is 355 g/mol. The fourth-order valence-corrected chi connectivity index (χ4v) is 2.73. The van der Waals surface area contributed by atoms with E-state index in [0.29, 0.717) is 11.3 Å². The number of carbonyl (C=O) groups excluding carboxylic acids is 2. The van der Waals surface area contributed by atoms with E-state index in [1.54, 1.807) is 25.2 Å². The highest BCUT2D eigenvalue weighted by molar-refractivity contribution is 9.10. The highest BCUT2D eigenvalue weighted by Crippen LogP contribution is 2.24. The van der Waals surface area contributed by atoms with E-state index in [4.69, 9.17) is 4.74 Å². The van der Waals surface area contributed by atoms with E-state index in [1.165, 1.54) is 12.0 Å². The van der Waals surface area contributed by atoms with Gasteiger partial charge in [-0.25, -0.2) is 0 Å². The summed E-state index contributed by atoms with van der Waals surface area (Å²) in [6.45, 7) is 1.68. The number of likely N-dealkylation sites (tertiary alicyclic amines) is 1. The van der Waals surface area contributed by atoms with E-state index in [1.807, 2.05) is 4.90 Å². The summed E-state index contributed by atoms with van der Waals surface area (Å²) in [5.41, 5.74) is 0.456. The number of rotatable bonds is 4. The van der Waals surface area contributed by atoms with Crippen molar-refractivity contribution in [3.63, 3.8) is 0 Å². The molecule has 1 fully saturated rings. The Kier molecular flexibility index (Phi) is 5.22. The minimum absolute atomic E-state index is 0.000529. The lowest BCUT2D eigenvalue weighted by Gasteiger charge is -2.22. The molecule has 0 atom stereocenters. The molecular weight excluding hydrogens is 336 g/mol. The Labute approximate surface area is 133 Å². The third-order valence-corrected chi connectivity index (χ3v) is 4.07. The topological polar surface area (TPSA) is 49.9 Å². The van der Waals surface area contributed by atoms with Crippen molar-refractivity contribution in [3.05, 3.63) is 28.2 Å². The van der Waals surface area contributed by atoms with Crippen LogP contribution < -0.4 is 4.74 Å². The number of hydrogen-bond acceptors (Lipinski definition) is 3. The molecule has 2 amide bonds. The molecule has 1 aromatic rings. The van der Waals surface area contributed by atoms with Crippen molar-refractivity contribution in [1.29, 1.82) is 0 Å². The molecule has 6 heteroatoms. The lowest BCUT2D eigenvalue weighted by molar-refractivity contribution is -0.130. The highest BCUT2D eigenvalue weighted by atomic mass is 79.9. The Morgan fingerprint density at radius 2 is 2.00 bits per heavy atom. The minimum Gasteiger partial charge on any atom is -0.496 e. The van der Waals surface area contributed by atoms with Crippen LogP contribution in [0.4, 0.5) is 0 Å². The summed E-state index contributed by atoms with van der Waals surface area (Å²) < 4.78 is 6.07. The van der Waals surface area contributed by atoms with E-state index in [-0.39, 0.29) is 18.4 Å². The van der Waals surface area contributed by atoms with Gasteiger partial charge in [0.1, 0.15) is 5.75 Å². The molecule has 5 nitrogen and oxygen atoms in total. The van der Waals surface area contributed by atoms with Gasteiger partial charge in [-0.15, -0.1) is 0 Å². The third kappa shape index (κ3) is 3.75. The SMILES string of the molecule is COc1cc(Br)ccc1C(=O)N(C)CC(=O)N1CCCC1. The maximum absolute atomic E-state index is 12.4. The maximum atomic E-state index is 12.4. The zero-order valence-corrected chi connectivity index (χ0v) is 13.9. The van der Waals surface area contributed by atoms with E-state index in [0.717, 1.165) is 30.4 Å². The molecule has 0 bridgehead atoms. The van der Waals surface area contributed by atoms with Crippen LogP contribution in [0.1, 0.15) is 23.2 Å². The summed E-state index contributed by atoms with van der Waals surface area (Å²) in [4.78, 5) is 27.8. The molecule has 0 aromatic heterocycles. The fourth-order valence-electron chi connectivity index (χ4n) is 2.39. The number of nitrogens with zero attached hydrogens (tertiary/aromatic N) is 2. The number of methoxy groups -OCH3 is 1. The first-order valence-corrected chi connectivity index (χ1v) is 7.69. The molecule has 1 aliphatic rings. The molecule has 0 spiro atoms. The van der Waals surface area contributed by atoms with Gasteiger partial charge < -0.3 is 14.5 Å². The van der Waals surface area contributed by atoms with Crippen LogP contribution in [0.25, 0.3) is 0 Å². The predicted molar refractivity (Wildman–Crippen MR) is 83.5 cm³/mol. The molecule has 21 heavy (non-hydrogen) atoms. The molecule has 0 unspecified atom stereocenters. The van der Waals surface area contributed by atoms with Gasteiger partial charge in [-0.05, 0) is 31.0 Å². The van der Waals surface area contributed by atoms with Gasteiger partial charge in [0.25, 0.3) is 5.91 Å². The number of carbonyl (C=O) groups is 2. The maximum Gasteiger partial charge on any atom is 0.257 e. The van der Waals surface area contributed by atoms with Crippen LogP contribution in [0, 0.1) is 0 Å². The van der Waals surface area contributed by atoms with E-state index >= 15 is 0 Å². The standard InChI is InChI=1S/C15H19BrN2O3/c1-17(10-14(19)18-7-3-4-8-18)15(20)12-6-5-11(16)9-13(12)21-2/h5-6,9H,3-4,7-8,10H2,1-2H3. The fraction of sp³-hybridized carbons (Fsp3) is 0.467. The number of amides is 2. The van der Waals surface area contributed by atoms with Gasteiger partial charge in [0, 0.05) is 24.6 Å². The first-order valence-electron chi connectivity index (χ1n) is 6.89. The molecular formula is C15H19BrN2O3. The van der Waals surface area contributed by atoms with E-state index in [9.17, 15) is 9.59 Å². The Morgan fingerprint density at radius 3 is 2.62 bits per heavy atom. The second-order valence-electron chi connectivity index (χ2n) is 5.09. The Balaban J connectivity index is 2.06. The van der Waals surface area contributed by atoms with Crippen molar-refractivity contribution >= 4 is 27.7 Å². The van der Waals surface area contributed by atoms with Gasteiger partial charge >= 0.3 is 0 Å². The van der Waals surface area contributed by atoms with Crippen LogP contribution in [0.15, 0.2) is 22.7 Å². The smallest absolute Gasteiger partial charge is 0.257 e. The number of halogens is 1. The van der Waals surface area contributed by atoms with Crippen molar-refractivity contribution in [3.8, 4) is 5.75 Å². The lowest BCUT2D eigenvalue weighted by Crippen LogP contribution is -2.39. The number of hydrogen-bond donors (Lipinski definition) is 0. The molecule has 1 aromatic carbocycles. The minimum atomic E-state index is -0.216. The first-order chi connectivity index (χ1) is 10.0. The lowest BCUT2D eigenvalue weighted by atomic mass is 10.1. The van der Waals surface area contributed by atoms with Crippen molar-refractivity contribution in [1.82, 2.24) is 9.80 Å². The quantitative estimate of drug-likeness (QED) is 0.832. The number of benzene rings is 1. The molecule has 0 N–H and O–H groups in total. The zero-order valence-electron chi connectivity index (χ0n) is 12.3. The summed E-state index contributed by atoms with van der Waals surface area (Å²) in [6, 6.07) is 5.22. The second kappa shape index (κ2) is 6.93. The number of ether oxygens (including phenoxy) is 1. The largest absolute Gasteiger partial charge is 0.496 e. The Bertz CT molecular complexity index is 542. The average Bonchev–Trinajstić information content (AvgIpc) is 3.00. The molecule has 1 heterocycles. The third-order valence-electron chi connectivity index (χ3n) is 3.57. The zero-order chi connectivity index (χ0) is 15.4. The van der Waals surface area contributed by atoms with Gasteiger partial charge in [0.2, 0.25) is 5.91 Å². The molecule has 0 saturated carbocycles. The number of likely N-dealkylation sites (N-methyl/N-ethyl adjacent to an activating group) is 1. The second-order valence-corrected chi connectivity index (χ2v) is 6.01. The normalized spacial score (nSPS) is 14.1. The molecule has 0 radical (unpaired) electrons. The monoisotopic (exact) mass is 354 g/mol. The highest BCUT2D eigenvalue weighted by Gasteiger charge is 2.23. The van der Waals surface area contributed by atoms with Crippen LogP contribution in [0.5, 0.6) is 5.75 Å². The van der Waals surface area contributed by atoms with Crippen molar-refractivity contribution in [2.75, 3.05) is 33.8 Å². The van der Waals surface area contributed by atoms with Crippen LogP contribution in [0.3, 0.4) is 0 Å². The molecule has 2 rings (SSSR count). The van der Waals surface area contributed by atoms with Crippen molar-refractivity contribution < 1.29 is 14.3 Å². The van der Waals surface area contributed by atoms with Crippen molar-refractivity contribution in [2.24, 2.45) is 0 Å². The van der Waals surface area contributed by atoms with E-state index < -0.39 is 0 Å². The van der Waals surface area contributed by atoms with Gasteiger partial charge in [0.05, 0.1) is 19.2 Å². The Morgan fingerprint density at radius 1 is 1.33 bits per heavy atom. The van der Waals surface area contributed by atoms with Gasteiger partial charge in [-0.3, -0.25) is 9.59 Å². The molecule has 0 aliphatic carbocycles. The Hall–Kier alpha value is -1.56. The summed E-state index contributed by atoms with van der Waals surface area (Å²) >= 11 is 3.34.